The molecule has 166 valence electrons. The number of aliphatic imine (C=N–C) groups is 1. The van der Waals surface area contributed by atoms with Gasteiger partial charge in [0, 0.05) is 23.2 Å². The molecule has 2 amide bonds. The first kappa shape index (κ1) is 21.5. The summed E-state index contributed by atoms with van der Waals surface area (Å²) in [6.07, 6.45) is 0. The van der Waals surface area contributed by atoms with E-state index in [1.807, 2.05) is 30.3 Å². The quantitative estimate of drug-likeness (QED) is 0.342. The van der Waals surface area contributed by atoms with Crippen LogP contribution in [0.1, 0.15) is 21.5 Å². The van der Waals surface area contributed by atoms with Gasteiger partial charge in [-0.2, -0.15) is 0 Å². The van der Waals surface area contributed by atoms with Crippen molar-refractivity contribution in [3.63, 3.8) is 0 Å². The molecule has 0 aliphatic carbocycles. The van der Waals surface area contributed by atoms with Gasteiger partial charge in [-0.05, 0) is 53.3 Å². The van der Waals surface area contributed by atoms with Crippen LogP contribution in [0.2, 0.25) is 0 Å². The third kappa shape index (κ3) is 3.93. The Morgan fingerprint density at radius 2 is 1.56 bits per heavy atom. The van der Waals surface area contributed by atoms with Crippen LogP contribution >= 0.6 is 12.2 Å². The molecule has 1 aliphatic heterocycles. The lowest BCUT2D eigenvalue weighted by molar-refractivity contribution is -0.111. The zero-order chi connectivity index (χ0) is 23.7. The van der Waals surface area contributed by atoms with Crippen LogP contribution in [-0.4, -0.2) is 27.7 Å². The van der Waals surface area contributed by atoms with Crippen molar-refractivity contribution in [3.05, 3.63) is 108 Å². The van der Waals surface area contributed by atoms with Crippen LogP contribution in [0.25, 0.3) is 10.8 Å². The molecule has 34 heavy (non-hydrogen) atoms. The van der Waals surface area contributed by atoms with Crippen molar-refractivity contribution in [2.75, 3.05) is 4.90 Å². The minimum atomic E-state index is -0.534. The van der Waals surface area contributed by atoms with E-state index < -0.39 is 11.8 Å². The maximum atomic E-state index is 13.2. The van der Waals surface area contributed by atoms with Crippen LogP contribution in [0.4, 0.5) is 5.69 Å². The minimum absolute atomic E-state index is 0.0831. The van der Waals surface area contributed by atoms with Crippen molar-refractivity contribution < 1.29 is 14.7 Å². The molecule has 5 rings (SSSR count). The molecule has 0 fully saturated rings. The highest BCUT2D eigenvalue weighted by atomic mass is 32.1. The van der Waals surface area contributed by atoms with Gasteiger partial charge in [0.2, 0.25) is 0 Å². The van der Waals surface area contributed by atoms with E-state index in [-0.39, 0.29) is 23.1 Å². The van der Waals surface area contributed by atoms with Gasteiger partial charge in [-0.3, -0.25) is 9.59 Å². The number of nitrogens with one attached hydrogen (secondary N) is 1. The Kier molecular flexibility index (Phi) is 5.61. The number of carbonyl (C=O) groups excluding carboxylic acids is 2. The molecule has 4 aromatic carbocycles. The number of anilines is 1. The van der Waals surface area contributed by atoms with Gasteiger partial charge in [-0.25, -0.2) is 9.89 Å². The SMILES string of the molecule is O=C1/C(=N\C(=S)NCc2cc3ccccc3cc2O)c2ccccc2N1C(=O)c1ccccc1. The minimum Gasteiger partial charge on any atom is -0.508 e. The average molecular weight is 466 g/mol. The molecule has 6 nitrogen and oxygen atoms in total. The third-order valence-corrected chi connectivity index (χ3v) is 5.86. The van der Waals surface area contributed by atoms with Crippen LogP contribution in [0, 0.1) is 0 Å². The lowest BCUT2D eigenvalue weighted by atomic mass is 10.1. The van der Waals surface area contributed by atoms with E-state index in [4.69, 9.17) is 12.2 Å². The largest absolute Gasteiger partial charge is 0.508 e. The number of hydrogen-bond donors (Lipinski definition) is 2. The topological polar surface area (TPSA) is 82.0 Å². The molecule has 4 aromatic rings. The van der Waals surface area contributed by atoms with Gasteiger partial charge in [-0.1, -0.05) is 60.7 Å². The molecule has 1 heterocycles. The third-order valence-electron chi connectivity index (χ3n) is 5.62. The smallest absolute Gasteiger partial charge is 0.284 e. The second-order valence-electron chi connectivity index (χ2n) is 7.78. The number of thiocarbonyl (C=S) groups is 1. The molecule has 2 N–H and O–H groups in total. The Bertz CT molecular complexity index is 1480. The highest BCUT2D eigenvalue weighted by Gasteiger charge is 2.38. The summed E-state index contributed by atoms with van der Waals surface area (Å²) >= 11 is 5.37. The van der Waals surface area contributed by atoms with Crippen molar-refractivity contribution in [2.45, 2.75) is 6.54 Å². The fourth-order valence-corrected chi connectivity index (χ4v) is 4.11. The molecule has 7 heteroatoms. The van der Waals surface area contributed by atoms with Crippen LogP contribution in [0.5, 0.6) is 5.75 Å². The van der Waals surface area contributed by atoms with Crippen LogP contribution < -0.4 is 10.2 Å². The number of phenols is 1. The first-order chi connectivity index (χ1) is 16.5. The summed E-state index contributed by atoms with van der Waals surface area (Å²) in [6.45, 7) is 0.231. The fourth-order valence-electron chi connectivity index (χ4n) is 3.95. The second kappa shape index (κ2) is 8.88. The Hall–Kier alpha value is -4.36. The molecule has 1 aliphatic rings. The Labute approximate surface area is 201 Å². The second-order valence-corrected chi connectivity index (χ2v) is 8.16. The number of amides is 2. The fraction of sp³-hybridized carbons (Fsp3) is 0.0370. The summed E-state index contributed by atoms with van der Waals surface area (Å²) in [4.78, 5) is 31.8. The van der Waals surface area contributed by atoms with Gasteiger partial charge < -0.3 is 10.4 Å². The maximum Gasteiger partial charge on any atom is 0.284 e. The number of carbonyl (C=O) groups is 2. The van der Waals surface area contributed by atoms with E-state index in [9.17, 15) is 14.7 Å². The number of aromatic hydroxyl groups is 1. The normalized spacial score (nSPS) is 13.8. The average Bonchev–Trinajstić information content (AvgIpc) is 3.14. The summed E-state index contributed by atoms with van der Waals surface area (Å²) in [5.74, 6) is -0.820. The highest BCUT2D eigenvalue weighted by molar-refractivity contribution is 7.80. The summed E-state index contributed by atoms with van der Waals surface area (Å²) in [7, 11) is 0. The first-order valence-corrected chi connectivity index (χ1v) is 11.0. The van der Waals surface area contributed by atoms with Crippen molar-refractivity contribution in [1.29, 1.82) is 0 Å². The van der Waals surface area contributed by atoms with Crippen molar-refractivity contribution >= 4 is 51.3 Å². The van der Waals surface area contributed by atoms with E-state index in [2.05, 4.69) is 10.3 Å². The lowest BCUT2D eigenvalue weighted by Crippen LogP contribution is -2.36. The van der Waals surface area contributed by atoms with Crippen molar-refractivity contribution in [2.24, 2.45) is 4.99 Å². The number of para-hydroxylation sites is 1. The number of fused-ring (bicyclic) bond motifs is 2. The predicted octanol–water partition coefficient (Wildman–Crippen LogP) is 4.60. The van der Waals surface area contributed by atoms with E-state index in [0.717, 1.165) is 15.7 Å². The summed E-state index contributed by atoms with van der Waals surface area (Å²) < 4.78 is 0. The molecule has 0 aromatic heterocycles. The molecule has 0 unspecified atom stereocenters. The molecule has 0 radical (unpaired) electrons. The van der Waals surface area contributed by atoms with Crippen molar-refractivity contribution in [3.8, 4) is 5.75 Å². The van der Waals surface area contributed by atoms with Gasteiger partial charge in [0.25, 0.3) is 11.8 Å². The molecule has 0 atom stereocenters. The highest BCUT2D eigenvalue weighted by Crippen LogP contribution is 2.31. The lowest BCUT2D eigenvalue weighted by Gasteiger charge is -2.14. The molecule has 0 saturated heterocycles. The molecular weight excluding hydrogens is 446 g/mol. The number of nitrogens with zero attached hydrogens (tertiary/aromatic N) is 2. The Morgan fingerprint density at radius 1 is 0.912 bits per heavy atom. The van der Waals surface area contributed by atoms with Crippen LogP contribution in [0.3, 0.4) is 0 Å². The van der Waals surface area contributed by atoms with Crippen LogP contribution in [0.15, 0.2) is 96.0 Å². The Morgan fingerprint density at radius 3 is 2.32 bits per heavy atom. The van der Waals surface area contributed by atoms with Gasteiger partial charge >= 0.3 is 0 Å². The maximum absolute atomic E-state index is 13.2. The van der Waals surface area contributed by atoms with Crippen molar-refractivity contribution in [1.82, 2.24) is 5.32 Å². The number of benzene rings is 4. The first-order valence-electron chi connectivity index (χ1n) is 10.6. The van der Waals surface area contributed by atoms with Gasteiger partial charge in [-0.15, -0.1) is 0 Å². The molecule has 0 spiro atoms. The molecule has 0 bridgehead atoms. The van der Waals surface area contributed by atoms with E-state index in [1.54, 1.807) is 60.7 Å². The van der Waals surface area contributed by atoms with Gasteiger partial charge in [0.15, 0.2) is 5.11 Å². The molecular formula is C27H19N3O3S. The predicted molar refractivity (Wildman–Crippen MR) is 136 cm³/mol. The molecule has 0 saturated carbocycles. The van der Waals surface area contributed by atoms with Gasteiger partial charge in [0.1, 0.15) is 11.5 Å². The van der Waals surface area contributed by atoms with E-state index in [1.165, 1.54) is 0 Å². The van der Waals surface area contributed by atoms with E-state index in [0.29, 0.717) is 22.4 Å². The zero-order valence-electron chi connectivity index (χ0n) is 17.9. The van der Waals surface area contributed by atoms with Crippen LogP contribution in [-0.2, 0) is 11.3 Å². The zero-order valence-corrected chi connectivity index (χ0v) is 18.8. The van der Waals surface area contributed by atoms with Gasteiger partial charge in [0.05, 0.1) is 5.69 Å². The number of phenolic OH excluding ortho intramolecular Hbond substituents is 1. The standard InChI is InChI=1S/C27H19N3O3S/c31-23-15-19-11-5-4-10-18(19)14-20(23)16-28-27(34)29-24-21-12-6-7-13-22(21)30(26(24)33)25(32)17-8-2-1-3-9-17/h1-15,31H,16H2,(H,28,34)/b29-24-. The Balaban J connectivity index is 1.40. The number of imide groups is 1. The van der Waals surface area contributed by atoms with E-state index >= 15 is 0 Å². The summed E-state index contributed by atoms with van der Waals surface area (Å²) in [5.41, 5.74) is 2.16. The monoisotopic (exact) mass is 465 g/mol. The summed E-state index contributed by atoms with van der Waals surface area (Å²) in [5, 5.41) is 15.4. The number of rotatable bonds is 3. The summed E-state index contributed by atoms with van der Waals surface area (Å²) in [6, 6.07) is 26.9. The number of hydrogen-bond acceptors (Lipinski definition) is 4.